The second kappa shape index (κ2) is 8.03. The molecular weight excluding hydrogens is 379 g/mol. The molecule has 1 atom stereocenters. The van der Waals surface area contributed by atoms with Gasteiger partial charge in [-0.25, -0.2) is 4.39 Å². The van der Waals surface area contributed by atoms with Crippen LogP contribution in [0.25, 0.3) is 0 Å². The van der Waals surface area contributed by atoms with E-state index in [1.54, 1.807) is 6.07 Å². The van der Waals surface area contributed by atoms with Gasteiger partial charge >= 0.3 is 5.97 Å². The zero-order valence-electron chi connectivity index (χ0n) is 17.5. The Balaban J connectivity index is 1.22. The Morgan fingerprint density at radius 3 is 2.57 bits per heavy atom. The Morgan fingerprint density at radius 1 is 1.07 bits per heavy atom. The zero-order chi connectivity index (χ0) is 20.7. The lowest BCUT2D eigenvalue weighted by atomic mass is 9.88. The predicted octanol–water partition coefficient (Wildman–Crippen LogP) is 4.30. The number of hydrogen-bond donors (Lipinski definition) is 0. The maximum absolute atomic E-state index is 14.0. The molecule has 2 fully saturated rings. The number of rotatable bonds is 4. The summed E-state index contributed by atoms with van der Waals surface area (Å²) in [6, 6.07) is 14.5. The highest BCUT2D eigenvalue weighted by Crippen LogP contribution is 2.40. The lowest BCUT2D eigenvalue weighted by Crippen LogP contribution is -2.45. The fraction of sp³-hybridized carbons (Fsp3) is 0.480. The molecule has 2 heterocycles. The van der Waals surface area contributed by atoms with Crippen molar-refractivity contribution >= 4 is 11.7 Å². The fourth-order valence-electron chi connectivity index (χ4n) is 5.46. The van der Waals surface area contributed by atoms with Gasteiger partial charge in [-0.15, -0.1) is 0 Å². The van der Waals surface area contributed by atoms with Crippen LogP contribution in [-0.4, -0.2) is 44.2 Å². The van der Waals surface area contributed by atoms with Crippen LogP contribution < -0.4 is 4.90 Å². The molecule has 0 radical (unpaired) electrons. The number of para-hydroxylation sites is 1. The molecule has 1 unspecified atom stereocenters. The van der Waals surface area contributed by atoms with E-state index in [1.807, 2.05) is 12.1 Å². The second-order valence-electron chi connectivity index (χ2n) is 8.90. The average molecular weight is 409 g/mol. The number of ether oxygens (including phenoxy) is 1. The summed E-state index contributed by atoms with van der Waals surface area (Å²) in [5.74, 6) is 0.343. The van der Waals surface area contributed by atoms with Crippen molar-refractivity contribution in [2.75, 3.05) is 38.2 Å². The minimum atomic E-state index is -0.135. The van der Waals surface area contributed by atoms with Gasteiger partial charge in [0.25, 0.3) is 0 Å². The smallest absolute Gasteiger partial charge is 0.308 e. The number of likely N-dealkylation sites (tertiary alicyclic amines) is 1. The summed E-state index contributed by atoms with van der Waals surface area (Å²) < 4.78 is 18.9. The van der Waals surface area contributed by atoms with E-state index in [0.717, 1.165) is 51.9 Å². The molecular formula is C25H29FN2O2. The third-order valence-electron chi connectivity index (χ3n) is 7.26. The molecule has 0 amide bonds. The Morgan fingerprint density at radius 2 is 1.83 bits per heavy atom. The molecule has 5 rings (SSSR count). The van der Waals surface area contributed by atoms with Crippen LogP contribution in [0.5, 0.6) is 0 Å². The number of halogens is 1. The first-order valence-corrected chi connectivity index (χ1v) is 11.1. The van der Waals surface area contributed by atoms with Gasteiger partial charge in [0.05, 0.1) is 18.7 Å². The molecule has 0 bridgehead atoms. The molecule has 0 aromatic heterocycles. The predicted molar refractivity (Wildman–Crippen MR) is 115 cm³/mol. The van der Waals surface area contributed by atoms with Crippen LogP contribution in [0.1, 0.15) is 47.9 Å². The number of aryl methyl sites for hydroxylation is 1. The molecule has 5 heteroatoms. The average Bonchev–Trinajstić information content (AvgIpc) is 3.17. The van der Waals surface area contributed by atoms with Crippen molar-refractivity contribution in [1.82, 2.24) is 4.90 Å². The van der Waals surface area contributed by atoms with E-state index in [4.69, 9.17) is 4.74 Å². The summed E-state index contributed by atoms with van der Waals surface area (Å²) in [5, 5.41) is 0. The van der Waals surface area contributed by atoms with Crippen molar-refractivity contribution in [3.63, 3.8) is 0 Å². The zero-order valence-corrected chi connectivity index (χ0v) is 17.5. The minimum Gasteiger partial charge on any atom is -0.469 e. The Hall–Kier alpha value is -2.40. The molecule has 2 aromatic carbocycles. The van der Waals surface area contributed by atoms with Gasteiger partial charge in [0.1, 0.15) is 5.82 Å². The quantitative estimate of drug-likeness (QED) is 0.706. The summed E-state index contributed by atoms with van der Waals surface area (Å²) in [6.07, 6.45) is 4.07. The van der Waals surface area contributed by atoms with Gasteiger partial charge in [-0.3, -0.25) is 9.69 Å². The van der Waals surface area contributed by atoms with E-state index in [-0.39, 0.29) is 17.7 Å². The number of piperidine rings is 1. The van der Waals surface area contributed by atoms with E-state index in [2.05, 4.69) is 28.0 Å². The molecule has 0 saturated carbocycles. The summed E-state index contributed by atoms with van der Waals surface area (Å²) in [5.41, 5.74) is 5.02. The molecule has 0 N–H and O–H groups in total. The number of esters is 1. The van der Waals surface area contributed by atoms with Gasteiger partial charge in [-0.05, 0) is 67.6 Å². The number of anilines is 1. The fourth-order valence-corrected chi connectivity index (χ4v) is 5.46. The van der Waals surface area contributed by atoms with Crippen LogP contribution in [0.2, 0.25) is 0 Å². The number of methoxy groups -OCH3 is 1. The van der Waals surface area contributed by atoms with E-state index in [9.17, 15) is 9.18 Å². The lowest BCUT2D eigenvalue weighted by Gasteiger charge is -2.41. The third-order valence-corrected chi connectivity index (χ3v) is 7.26. The molecule has 4 nitrogen and oxygen atoms in total. The van der Waals surface area contributed by atoms with Gasteiger partial charge in [-0.1, -0.05) is 30.3 Å². The number of nitrogens with zero attached hydrogens (tertiary/aromatic N) is 2. The van der Waals surface area contributed by atoms with Gasteiger partial charge in [-0.2, -0.15) is 0 Å². The lowest BCUT2D eigenvalue weighted by molar-refractivity contribution is -0.147. The van der Waals surface area contributed by atoms with E-state index >= 15 is 0 Å². The first kappa shape index (κ1) is 19.6. The van der Waals surface area contributed by atoms with Gasteiger partial charge in [0.2, 0.25) is 0 Å². The van der Waals surface area contributed by atoms with Crippen LogP contribution in [0.15, 0.2) is 42.5 Å². The van der Waals surface area contributed by atoms with Crippen molar-refractivity contribution in [1.29, 1.82) is 0 Å². The van der Waals surface area contributed by atoms with Crippen LogP contribution in [0, 0.1) is 11.7 Å². The summed E-state index contributed by atoms with van der Waals surface area (Å²) in [4.78, 5) is 16.5. The highest BCUT2D eigenvalue weighted by molar-refractivity contribution is 5.72. The number of fused-ring (bicyclic) bond motifs is 1. The van der Waals surface area contributed by atoms with Crippen molar-refractivity contribution in [2.45, 2.75) is 37.6 Å². The minimum absolute atomic E-state index is 0.0592. The van der Waals surface area contributed by atoms with Crippen molar-refractivity contribution < 1.29 is 13.9 Å². The van der Waals surface area contributed by atoms with Crippen LogP contribution in [-0.2, 0) is 16.0 Å². The molecule has 1 aliphatic carbocycles. The largest absolute Gasteiger partial charge is 0.469 e. The van der Waals surface area contributed by atoms with E-state index in [0.29, 0.717) is 17.6 Å². The molecule has 2 aromatic rings. The van der Waals surface area contributed by atoms with Crippen LogP contribution in [0.3, 0.4) is 0 Å². The Bertz CT molecular complexity index is 932. The number of carbonyl (C=O) groups is 1. The van der Waals surface area contributed by atoms with Gasteiger partial charge < -0.3 is 9.64 Å². The molecule has 0 spiro atoms. The van der Waals surface area contributed by atoms with Crippen molar-refractivity contribution in [3.8, 4) is 0 Å². The number of benzene rings is 2. The SMILES string of the molecule is COC(=O)C1CCN(C2CCc3cc(C4CN(c5ccccc5F)C4)ccc32)CC1. The monoisotopic (exact) mass is 408 g/mol. The summed E-state index contributed by atoms with van der Waals surface area (Å²) in [7, 11) is 1.48. The highest BCUT2D eigenvalue weighted by Gasteiger charge is 2.35. The molecule has 158 valence electrons. The molecule has 2 saturated heterocycles. The van der Waals surface area contributed by atoms with E-state index < -0.39 is 0 Å². The molecule has 2 aliphatic heterocycles. The van der Waals surface area contributed by atoms with Crippen LogP contribution >= 0.6 is 0 Å². The summed E-state index contributed by atoms with van der Waals surface area (Å²) >= 11 is 0. The van der Waals surface area contributed by atoms with Crippen molar-refractivity contribution in [3.05, 3.63) is 65.0 Å². The van der Waals surface area contributed by atoms with Gasteiger partial charge in [0, 0.05) is 25.0 Å². The standard InChI is InChI=1S/C25H29FN2O2/c1-30-25(29)17-10-12-27(13-11-17)23-9-7-19-14-18(6-8-21(19)23)20-15-28(16-20)24-5-3-2-4-22(24)26/h2-6,8,14,17,20,23H,7,9-13,15-16H2,1H3. The highest BCUT2D eigenvalue weighted by atomic mass is 19.1. The molecule has 3 aliphatic rings. The topological polar surface area (TPSA) is 32.8 Å². The van der Waals surface area contributed by atoms with E-state index in [1.165, 1.54) is 29.9 Å². The summed E-state index contributed by atoms with van der Waals surface area (Å²) in [6.45, 7) is 3.69. The van der Waals surface area contributed by atoms with Crippen molar-refractivity contribution in [2.24, 2.45) is 5.92 Å². The van der Waals surface area contributed by atoms with Gasteiger partial charge in [0.15, 0.2) is 0 Å². The maximum atomic E-state index is 14.0. The first-order valence-electron chi connectivity index (χ1n) is 11.1. The Labute approximate surface area is 177 Å². The number of hydrogen-bond acceptors (Lipinski definition) is 4. The first-order chi connectivity index (χ1) is 14.6. The molecule has 30 heavy (non-hydrogen) atoms. The Kier molecular flexibility index (Phi) is 5.23. The van der Waals surface area contributed by atoms with Crippen LogP contribution in [0.4, 0.5) is 10.1 Å². The number of carbonyl (C=O) groups excluding carboxylic acids is 1. The maximum Gasteiger partial charge on any atom is 0.308 e. The second-order valence-corrected chi connectivity index (χ2v) is 8.90. The third kappa shape index (κ3) is 3.49. The normalized spacial score (nSPS) is 22.6.